The first-order valence-corrected chi connectivity index (χ1v) is 10.7. The highest BCUT2D eigenvalue weighted by Crippen LogP contribution is 2.40. The minimum absolute atomic E-state index is 0.0134. The first kappa shape index (κ1) is 20.6. The number of nitrogens with zero attached hydrogens (tertiary/aromatic N) is 1. The van der Waals surface area contributed by atoms with Crippen LogP contribution in [0.25, 0.3) is 16.6 Å². The van der Waals surface area contributed by atoms with Crippen LogP contribution in [0.4, 0.5) is 13.2 Å². The van der Waals surface area contributed by atoms with Gasteiger partial charge in [0.1, 0.15) is 12.4 Å². The van der Waals surface area contributed by atoms with Crippen LogP contribution in [0.2, 0.25) is 0 Å². The molecule has 6 heteroatoms. The lowest BCUT2D eigenvalue weighted by atomic mass is 9.96. The van der Waals surface area contributed by atoms with E-state index in [1.165, 1.54) is 12.1 Å². The molecular weight excluding hydrogens is 415 g/mol. The lowest BCUT2D eigenvalue weighted by Crippen LogP contribution is -2.16. The number of fused-ring (bicyclic) bond motifs is 1. The minimum Gasteiger partial charge on any atom is -0.485 e. The fourth-order valence-corrected chi connectivity index (χ4v) is 4.35. The Bertz CT molecular complexity index is 1230. The number of rotatable bonds is 5. The molecule has 3 aromatic carbocycles. The van der Waals surface area contributed by atoms with Gasteiger partial charge < -0.3 is 14.0 Å². The van der Waals surface area contributed by atoms with Crippen molar-refractivity contribution in [1.29, 1.82) is 0 Å². The molecule has 0 aliphatic carbocycles. The fourth-order valence-electron chi connectivity index (χ4n) is 4.35. The molecule has 32 heavy (non-hydrogen) atoms. The molecule has 1 aliphatic rings. The van der Waals surface area contributed by atoms with Crippen LogP contribution >= 0.6 is 0 Å². The van der Waals surface area contributed by atoms with E-state index in [0.29, 0.717) is 24.3 Å². The molecule has 2 heterocycles. The van der Waals surface area contributed by atoms with Crippen LogP contribution in [0.15, 0.2) is 66.7 Å². The van der Waals surface area contributed by atoms with Gasteiger partial charge in [-0.3, -0.25) is 0 Å². The summed E-state index contributed by atoms with van der Waals surface area (Å²) in [6, 6.07) is 18.0. The Morgan fingerprint density at radius 2 is 1.59 bits per heavy atom. The fraction of sp³-hybridized carbons (Fsp3) is 0.231. The Hall–Kier alpha value is -3.25. The largest absolute Gasteiger partial charge is 0.485 e. The Labute approximate surface area is 184 Å². The molecule has 0 radical (unpaired) electrons. The van der Waals surface area contributed by atoms with Crippen LogP contribution in [0.1, 0.15) is 30.0 Å². The van der Waals surface area contributed by atoms with Crippen molar-refractivity contribution < 1.29 is 22.6 Å². The quantitative estimate of drug-likeness (QED) is 0.355. The highest BCUT2D eigenvalue weighted by molar-refractivity contribution is 5.90. The highest BCUT2D eigenvalue weighted by atomic mass is 19.1. The third-order valence-corrected chi connectivity index (χ3v) is 5.92. The molecule has 3 nitrogen and oxygen atoms in total. The summed E-state index contributed by atoms with van der Waals surface area (Å²) in [5.74, 6) is -1.70. The molecular formula is C26H22F3NO2. The maximum atomic E-state index is 15.2. The molecule has 1 fully saturated rings. The van der Waals surface area contributed by atoms with E-state index in [1.807, 2.05) is 30.3 Å². The van der Waals surface area contributed by atoms with Crippen molar-refractivity contribution in [2.24, 2.45) is 0 Å². The van der Waals surface area contributed by atoms with Crippen LogP contribution in [-0.2, 0) is 11.3 Å². The van der Waals surface area contributed by atoms with Gasteiger partial charge in [-0.2, -0.15) is 0 Å². The van der Waals surface area contributed by atoms with Gasteiger partial charge in [-0.1, -0.05) is 30.3 Å². The van der Waals surface area contributed by atoms with Crippen LogP contribution in [0.5, 0.6) is 5.75 Å². The van der Waals surface area contributed by atoms with Crippen molar-refractivity contribution in [3.63, 3.8) is 0 Å². The maximum Gasteiger partial charge on any atom is 0.168 e. The molecule has 0 saturated carbocycles. The smallest absolute Gasteiger partial charge is 0.168 e. The molecule has 0 atom stereocenters. The van der Waals surface area contributed by atoms with E-state index in [-0.39, 0.29) is 29.6 Å². The number of halogens is 3. The van der Waals surface area contributed by atoms with Gasteiger partial charge >= 0.3 is 0 Å². The van der Waals surface area contributed by atoms with Crippen molar-refractivity contribution in [2.75, 3.05) is 13.2 Å². The first-order valence-electron chi connectivity index (χ1n) is 10.7. The van der Waals surface area contributed by atoms with Crippen molar-refractivity contribution in [3.8, 4) is 11.4 Å². The van der Waals surface area contributed by atoms with Gasteiger partial charge in [-0.15, -0.1) is 0 Å². The lowest BCUT2D eigenvalue weighted by molar-refractivity contribution is 0.0842. The van der Waals surface area contributed by atoms with Crippen LogP contribution < -0.4 is 4.74 Å². The Morgan fingerprint density at radius 3 is 2.31 bits per heavy atom. The second-order valence-corrected chi connectivity index (χ2v) is 7.97. The van der Waals surface area contributed by atoms with Gasteiger partial charge in [0.05, 0.1) is 5.52 Å². The standard InChI is InChI=1S/C26H22F3NO2/c27-19-6-8-20(9-7-19)30-24(18-10-12-31-13-11-18)14-21-25(30)22(28)15-23(29)26(21)32-16-17-4-2-1-3-5-17/h1-9,14-15,18H,10-13,16H2. The van der Waals surface area contributed by atoms with E-state index in [4.69, 9.17) is 9.47 Å². The molecule has 0 unspecified atom stereocenters. The molecule has 0 spiro atoms. The van der Waals surface area contributed by atoms with Crippen molar-refractivity contribution >= 4 is 10.9 Å². The average Bonchev–Trinajstić information content (AvgIpc) is 3.22. The number of ether oxygens (including phenoxy) is 2. The summed E-state index contributed by atoms with van der Waals surface area (Å²) in [6.45, 7) is 1.36. The zero-order valence-corrected chi connectivity index (χ0v) is 17.4. The Morgan fingerprint density at radius 1 is 0.875 bits per heavy atom. The lowest BCUT2D eigenvalue weighted by Gasteiger charge is -2.24. The zero-order chi connectivity index (χ0) is 22.1. The third-order valence-electron chi connectivity index (χ3n) is 5.92. The topological polar surface area (TPSA) is 23.4 Å². The summed E-state index contributed by atoms with van der Waals surface area (Å²) in [6.07, 6.45) is 1.53. The van der Waals surface area contributed by atoms with Gasteiger partial charge in [0.2, 0.25) is 0 Å². The third kappa shape index (κ3) is 3.86. The Balaban J connectivity index is 1.68. The van der Waals surface area contributed by atoms with E-state index in [2.05, 4.69) is 0 Å². The summed E-state index contributed by atoms with van der Waals surface area (Å²) >= 11 is 0. The maximum absolute atomic E-state index is 15.2. The van der Waals surface area contributed by atoms with E-state index < -0.39 is 11.6 Å². The van der Waals surface area contributed by atoms with Crippen molar-refractivity contribution in [3.05, 3.63) is 95.4 Å². The summed E-state index contributed by atoms with van der Waals surface area (Å²) < 4.78 is 56.8. The first-order chi connectivity index (χ1) is 15.6. The second-order valence-electron chi connectivity index (χ2n) is 7.97. The molecule has 0 N–H and O–H groups in total. The molecule has 4 aromatic rings. The number of benzene rings is 3. The van der Waals surface area contributed by atoms with E-state index in [0.717, 1.165) is 30.2 Å². The normalized spacial score (nSPS) is 14.7. The summed E-state index contributed by atoms with van der Waals surface area (Å²) in [4.78, 5) is 0. The predicted octanol–water partition coefficient (Wildman–Crippen LogP) is 6.52. The van der Waals surface area contributed by atoms with E-state index in [9.17, 15) is 8.78 Å². The van der Waals surface area contributed by atoms with Gasteiger partial charge in [0, 0.05) is 42.0 Å². The SMILES string of the molecule is Fc1ccc(-n2c(C3CCOCC3)cc3c(OCc4ccccc4)c(F)cc(F)c32)cc1. The number of hydrogen-bond donors (Lipinski definition) is 0. The van der Waals surface area contributed by atoms with Gasteiger partial charge in [0.15, 0.2) is 17.4 Å². The molecule has 5 rings (SSSR count). The van der Waals surface area contributed by atoms with Gasteiger partial charge in [-0.25, -0.2) is 13.2 Å². The van der Waals surface area contributed by atoms with Crippen LogP contribution in [0.3, 0.4) is 0 Å². The summed E-state index contributed by atoms with van der Waals surface area (Å²) in [5, 5.41) is 0.365. The van der Waals surface area contributed by atoms with Gasteiger partial charge in [0.25, 0.3) is 0 Å². The van der Waals surface area contributed by atoms with Gasteiger partial charge in [-0.05, 0) is 48.7 Å². The molecule has 0 bridgehead atoms. The van der Waals surface area contributed by atoms with E-state index in [1.54, 1.807) is 22.8 Å². The molecule has 1 saturated heterocycles. The van der Waals surface area contributed by atoms with E-state index >= 15 is 4.39 Å². The van der Waals surface area contributed by atoms with Crippen LogP contribution in [-0.4, -0.2) is 17.8 Å². The molecule has 1 aliphatic heterocycles. The highest BCUT2D eigenvalue weighted by Gasteiger charge is 2.26. The number of hydrogen-bond acceptors (Lipinski definition) is 2. The molecule has 0 amide bonds. The minimum atomic E-state index is -0.749. The van der Waals surface area contributed by atoms with Crippen molar-refractivity contribution in [1.82, 2.24) is 4.57 Å². The van der Waals surface area contributed by atoms with Crippen LogP contribution in [0, 0.1) is 17.5 Å². The monoisotopic (exact) mass is 437 g/mol. The summed E-state index contributed by atoms with van der Waals surface area (Å²) in [7, 11) is 0. The van der Waals surface area contributed by atoms with Crippen molar-refractivity contribution in [2.45, 2.75) is 25.4 Å². The second kappa shape index (κ2) is 8.71. The molecule has 1 aromatic heterocycles. The molecule has 164 valence electrons. The number of aromatic nitrogens is 1. The predicted molar refractivity (Wildman–Crippen MR) is 117 cm³/mol. The summed E-state index contributed by atoms with van der Waals surface area (Å²) in [5.41, 5.74) is 2.56. The Kier molecular flexibility index (Phi) is 5.62. The zero-order valence-electron chi connectivity index (χ0n) is 17.4. The average molecular weight is 437 g/mol.